The SMILES string of the molecule is O=C1Nc2ccccc2CC[C@@H]1SCC(=O)N1CCN(c2ccc(F)cc2)CC1. The van der Waals surface area contributed by atoms with Crippen LogP contribution >= 0.6 is 11.8 Å². The van der Waals surface area contributed by atoms with Crippen molar-refractivity contribution in [2.24, 2.45) is 0 Å². The maximum absolute atomic E-state index is 13.1. The average molecular weight is 414 g/mol. The number of aryl methyl sites for hydroxylation is 1. The average Bonchev–Trinajstić information content (AvgIpc) is 2.91. The molecule has 0 bridgehead atoms. The summed E-state index contributed by atoms with van der Waals surface area (Å²) in [5, 5.41) is 2.77. The molecule has 2 aromatic carbocycles. The minimum Gasteiger partial charge on any atom is -0.368 e. The Kier molecular flexibility index (Phi) is 6.04. The molecular formula is C22H24FN3O2S. The number of hydrogen-bond acceptors (Lipinski definition) is 4. The molecule has 7 heteroatoms. The first-order valence-corrected chi connectivity index (χ1v) is 10.9. The fourth-order valence-electron chi connectivity index (χ4n) is 3.78. The van der Waals surface area contributed by atoms with Gasteiger partial charge in [0.25, 0.3) is 0 Å². The van der Waals surface area contributed by atoms with E-state index in [0.29, 0.717) is 18.8 Å². The number of rotatable bonds is 4. The van der Waals surface area contributed by atoms with Crippen LogP contribution in [0.1, 0.15) is 12.0 Å². The first kappa shape index (κ1) is 19.8. The molecule has 0 spiro atoms. The lowest BCUT2D eigenvalue weighted by atomic mass is 10.1. The molecule has 1 atom stereocenters. The van der Waals surface area contributed by atoms with Crippen LogP contribution in [0.2, 0.25) is 0 Å². The molecule has 29 heavy (non-hydrogen) atoms. The Hall–Kier alpha value is -2.54. The standard InChI is InChI=1S/C22H24FN3O2S/c23-17-6-8-18(9-7-17)25-11-13-26(14-12-25)21(27)15-29-20-10-5-16-3-1-2-4-19(16)24-22(20)28/h1-4,6-9,20H,5,10-15H2,(H,24,28)/t20-/m0/s1. The summed E-state index contributed by atoms with van der Waals surface area (Å²) in [7, 11) is 0. The number of hydrogen-bond donors (Lipinski definition) is 1. The van der Waals surface area contributed by atoms with Crippen molar-refractivity contribution in [1.82, 2.24) is 4.90 Å². The van der Waals surface area contributed by atoms with Crippen LogP contribution in [0.3, 0.4) is 0 Å². The zero-order valence-electron chi connectivity index (χ0n) is 16.1. The van der Waals surface area contributed by atoms with E-state index in [1.165, 1.54) is 23.9 Å². The molecule has 2 aromatic rings. The zero-order chi connectivity index (χ0) is 20.2. The van der Waals surface area contributed by atoms with Gasteiger partial charge in [-0.15, -0.1) is 11.8 Å². The fraction of sp³-hybridized carbons (Fsp3) is 0.364. The molecule has 5 nitrogen and oxygen atoms in total. The largest absolute Gasteiger partial charge is 0.368 e. The first-order chi connectivity index (χ1) is 14.1. The molecule has 0 unspecified atom stereocenters. The number of nitrogens with zero attached hydrogens (tertiary/aromatic N) is 2. The second kappa shape index (κ2) is 8.86. The van der Waals surface area contributed by atoms with E-state index in [4.69, 9.17) is 0 Å². The zero-order valence-corrected chi connectivity index (χ0v) is 17.0. The van der Waals surface area contributed by atoms with Crippen LogP contribution in [0.25, 0.3) is 0 Å². The highest BCUT2D eigenvalue weighted by Crippen LogP contribution is 2.27. The van der Waals surface area contributed by atoms with E-state index in [9.17, 15) is 14.0 Å². The summed E-state index contributed by atoms with van der Waals surface area (Å²) in [5.41, 5.74) is 3.00. The molecule has 2 heterocycles. The molecule has 0 saturated carbocycles. The summed E-state index contributed by atoms with van der Waals surface area (Å²) >= 11 is 1.43. The molecule has 0 radical (unpaired) electrons. The number of amides is 2. The number of carbonyl (C=O) groups excluding carboxylic acids is 2. The predicted molar refractivity (Wildman–Crippen MR) is 115 cm³/mol. The molecule has 0 aliphatic carbocycles. The second-order valence-corrected chi connectivity index (χ2v) is 8.52. The van der Waals surface area contributed by atoms with Gasteiger partial charge < -0.3 is 15.1 Å². The maximum Gasteiger partial charge on any atom is 0.237 e. The van der Waals surface area contributed by atoms with Crippen LogP contribution in [0.4, 0.5) is 15.8 Å². The fourth-order valence-corrected chi connectivity index (χ4v) is 4.80. The summed E-state index contributed by atoms with van der Waals surface area (Å²) in [4.78, 5) is 29.2. The summed E-state index contributed by atoms with van der Waals surface area (Å²) < 4.78 is 13.1. The van der Waals surface area contributed by atoms with Crippen LogP contribution < -0.4 is 10.2 Å². The van der Waals surface area contributed by atoms with Gasteiger partial charge in [-0.25, -0.2) is 4.39 Å². The number of halogens is 1. The number of fused-ring (bicyclic) bond motifs is 1. The molecule has 1 N–H and O–H groups in total. The molecule has 152 valence electrons. The lowest BCUT2D eigenvalue weighted by molar-refractivity contribution is -0.128. The second-order valence-electron chi connectivity index (χ2n) is 7.33. The molecule has 2 amide bonds. The van der Waals surface area contributed by atoms with E-state index >= 15 is 0 Å². The molecule has 1 saturated heterocycles. The van der Waals surface area contributed by atoms with Gasteiger partial charge in [0.2, 0.25) is 11.8 Å². The van der Waals surface area contributed by atoms with Crippen molar-refractivity contribution in [3.8, 4) is 0 Å². The third-order valence-electron chi connectivity index (χ3n) is 5.48. The Bertz CT molecular complexity index is 882. The lowest BCUT2D eigenvalue weighted by Crippen LogP contribution is -2.49. The maximum atomic E-state index is 13.1. The van der Waals surface area contributed by atoms with Gasteiger partial charge in [-0.2, -0.15) is 0 Å². The monoisotopic (exact) mass is 413 g/mol. The first-order valence-electron chi connectivity index (χ1n) is 9.89. The van der Waals surface area contributed by atoms with E-state index in [1.807, 2.05) is 29.2 Å². The highest BCUT2D eigenvalue weighted by Gasteiger charge is 2.27. The normalized spacial score (nSPS) is 19.3. The predicted octanol–water partition coefficient (Wildman–Crippen LogP) is 3.16. The highest BCUT2D eigenvalue weighted by molar-refractivity contribution is 8.01. The smallest absolute Gasteiger partial charge is 0.237 e. The van der Waals surface area contributed by atoms with E-state index in [0.717, 1.165) is 42.9 Å². The Labute approximate surface area is 174 Å². The summed E-state index contributed by atoms with van der Waals surface area (Å²) in [6, 6.07) is 14.3. The van der Waals surface area contributed by atoms with Crippen LogP contribution in [-0.4, -0.2) is 53.9 Å². The van der Waals surface area contributed by atoms with Crippen LogP contribution in [-0.2, 0) is 16.0 Å². The Morgan fingerprint density at radius 3 is 2.55 bits per heavy atom. The topological polar surface area (TPSA) is 52.7 Å². The molecule has 2 aliphatic heterocycles. The van der Waals surface area contributed by atoms with Gasteiger partial charge in [0, 0.05) is 37.6 Å². The molecule has 0 aromatic heterocycles. The third kappa shape index (κ3) is 4.72. The van der Waals surface area contributed by atoms with Crippen molar-refractivity contribution >= 4 is 35.0 Å². The van der Waals surface area contributed by atoms with Crippen molar-refractivity contribution in [3.63, 3.8) is 0 Å². The van der Waals surface area contributed by atoms with Gasteiger partial charge in [-0.3, -0.25) is 9.59 Å². The Balaban J connectivity index is 1.26. The minimum atomic E-state index is -0.245. The highest BCUT2D eigenvalue weighted by atomic mass is 32.2. The summed E-state index contributed by atoms with van der Waals surface area (Å²) in [5.74, 6) is 0.118. The molecular weight excluding hydrogens is 389 g/mol. The number of benzene rings is 2. The van der Waals surface area contributed by atoms with Crippen molar-refractivity contribution in [1.29, 1.82) is 0 Å². The summed E-state index contributed by atoms with van der Waals surface area (Å²) in [6.07, 6.45) is 1.57. The van der Waals surface area contributed by atoms with E-state index < -0.39 is 0 Å². The third-order valence-corrected chi connectivity index (χ3v) is 6.74. The number of anilines is 2. The van der Waals surface area contributed by atoms with Gasteiger partial charge >= 0.3 is 0 Å². The molecule has 1 fully saturated rings. The van der Waals surface area contributed by atoms with Gasteiger partial charge in [0.1, 0.15) is 5.82 Å². The van der Waals surface area contributed by atoms with Crippen molar-refractivity contribution in [2.45, 2.75) is 18.1 Å². The van der Waals surface area contributed by atoms with E-state index in [-0.39, 0.29) is 22.9 Å². The number of thioether (sulfide) groups is 1. The number of para-hydroxylation sites is 1. The number of nitrogens with one attached hydrogen (secondary N) is 1. The summed E-state index contributed by atoms with van der Waals surface area (Å²) in [6.45, 7) is 2.72. The van der Waals surface area contributed by atoms with E-state index in [2.05, 4.69) is 10.2 Å². The molecule has 4 rings (SSSR count). The minimum absolute atomic E-state index is 0.0196. The van der Waals surface area contributed by atoms with Gasteiger partial charge in [0.15, 0.2) is 0 Å². The van der Waals surface area contributed by atoms with Crippen LogP contribution in [0.15, 0.2) is 48.5 Å². The molecule has 2 aliphatic rings. The van der Waals surface area contributed by atoms with Crippen LogP contribution in [0, 0.1) is 5.82 Å². The quantitative estimate of drug-likeness (QED) is 0.837. The van der Waals surface area contributed by atoms with Crippen LogP contribution in [0.5, 0.6) is 0 Å². The van der Waals surface area contributed by atoms with E-state index in [1.54, 1.807) is 12.1 Å². The number of piperazine rings is 1. The van der Waals surface area contributed by atoms with Crippen molar-refractivity contribution < 1.29 is 14.0 Å². The van der Waals surface area contributed by atoms with Gasteiger partial charge in [-0.05, 0) is 48.7 Å². The number of carbonyl (C=O) groups is 2. The van der Waals surface area contributed by atoms with Crippen molar-refractivity contribution in [2.75, 3.05) is 42.1 Å². The van der Waals surface area contributed by atoms with Crippen molar-refractivity contribution in [3.05, 3.63) is 59.9 Å². The Morgan fingerprint density at radius 2 is 1.79 bits per heavy atom. The van der Waals surface area contributed by atoms with Gasteiger partial charge in [0.05, 0.1) is 11.0 Å². The van der Waals surface area contributed by atoms with Gasteiger partial charge in [-0.1, -0.05) is 18.2 Å². The lowest BCUT2D eigenvalue weighted by Gasteiger charge is -2.36. The Morgan fingerprint density at radius 1 is 1.07 bits per heavy atom.